The molecule has 0 radical (unpaired) electrons. The van der Waals surface area contributed by atoms with E-state index < -0.39 is 144 Å². The third-order valence-corrected chi connectivity index (χ3v) is 22.3. The molecule has 1 aromatic heterocycles. The quantitative estimate of drug-likeness (QED) is 0.0356. The highest BCUT2D eigenvalue weighted by molar-refractivity contribution is 6.00. The number of quaternary nitrogens is 1. The monoisotopic (exact) mass is 1660 g/mol. The Bertz CT molecular complexity index is 4360. The number of amides is 9. The average Bonchev–Trinajstić information content (AvgIpc) is 1.65. The van der Waals surface area contributed by atoms with Crippen molar-refractivity contribution in [3.63, 3.8) is 0 Å². The minimum Gasteiger partial charge on any atom is -0.497 e. The summed E-state index contributed by atoms with van der Waals surface area (Å²) in [6.07, 6.45) is -2.19. The van der Waals surface area contributed by atoms with Gasteiger partial charge in [-0.1, -0.05) is 73.5 Å². The number of Topliss-reactive ketones (excluding diaryl/α,β-unsaturated/α-hetero) is 2. The van der Waals surface area contributed by atoms with Crippen molar-refractivity contribution in [1.29, 1.82) is 0 Å². The lowest BCUT2D eigenvalue weighted by Crippen LogP contribution is -2.62. The van der Waals surface area contributed by atoms with Gasteiger partial charge < -0.3 is 84.8 Å². The molecule has 0 spiro atoms. The number of carboxylic acid groups (broad SMARTS) is 1. The smallest absolute Gasteiger partial charge is 0.490 e. The molecule has 9 atom stereocenters. The molecule has 0 unspecified atom stereocenters. The van der Waals surface area contributed by atoms with Crippen molar-refractivity contribution in [3.05, 3.63) is 136 Å². The highest BCUT2D eigenvalue weighted by atomic mass is 19.4. The minimum atomic E-state index is -5.08. The van der Waals surface area contributed by atoms with E-state index >= 15 is 33.2 Å². The van der Waals surface area contributed by atoms with Gasteiger partial charge in [-0.2, -0.15) is 13.2 Å². The molecule has 2 fully saturated rings. The van der Waals surface area contributed by atoms with Crippen LogP contribution in [0.15, 0.2) is 97.2 Å². The molecule has 6 aliphatic rings. The maximum Gasteiger partial charge on any atom is 0.490 e. The zero-order valence-electron chi connectivity index (χ0n) is 68.7. The number of carboxylic acids is 1. The predicted molar refractivity (Wildman–Crippen MR) is 429 cm³/mol. The fourth-order valence-corrected chi connectivity index (χ4v) is 15.6. The number of rotatable bonds is 15. The number of nitrogens with one attached hydrogen (secondary N) is 6. The van der Waals surface area contributed by atoms with E-state index in [2.05, 4.69) is 53.0 Å². The number of halogens is 4. The van der Waals surface area contributed by atoms with Crippen LogP contribution in [0.4, 0.5) is 17.6 Å². The number of benzene rings is 4. The normalized spacial score (nSPS) is 23.6. The number of hydrogen-bond acceptors (Lipinski definition) is 17. The number of ketones is 2. The number of aliphatic hydroxyl groups excluding tert-OH is 1. The van der Waals surface area contributed by atoms with Gasteiger partial charge in [-0.25, -0.2) is 9.18 Å². The number of nitrogens with zero attached hydrogens (tertiary/aromatic N) is 5. The molecule has 9 amide bonds. The fraction of sp³-hybridized carbons (Fsp3) is 0.558. The van der Waals surface area contributed by atoms with E-state index in [1.165, 1.54) is 36.0 Å². The lowest BCUT2D eigenvalue weighted by molar-refractivity contribution is -0.870. The van der Waals surface area contributed by atoms with Crippen molar-refractivity contribution < 1.29 is 109 Å². The number of aryl methyl sites for hydroxylation is 2. The topological polar surface area (TPSA) is 369 Å². The molecule has 0 saturated carbocycles. The Labute approximate surface area is 690 Å². The number of fused-ring (bicyclic) bond motifs is 16. The molecule has 648 valence electrons. The minimum absolute atomic E-state index is 0.0138. The first kappa shape index (κ1) is 92.7. The molecule has 12 bridgehead atoms. The molecule has 2 saturated heterocycles. The van der Waals surface area contributed by atoms with Gasteiger partial charge in [-0.3, -0.25) is 52.7 Å². The number of carbonyl (C=O) groups is 12. The summed E-state index contributed by atoms with van der Waals surface area (Å²) in [5, 5.41) is 36.1. The number of methoxy groups -OCH3 is 1. The molecule has 0 aliphatic carbocycles. The Morgan fingerprint density at radius 2 is 1.39 bits per heavy atom. The molecule has 8 N–H and O–H groups in total. The Hall–Kier alpha value is -10.2. The summed E-state index contributed by atoms with van der Waals surface area (Å²) in [7, 11) is 7.67. The van der Waals surface area contributed by atoms with E-state index in [0.29, 0.717) is 117 Å². The first-order chi connectivity index (χ1) is 56.7. The van der Waals surface area contributed by atoms with Crippen LogP contribution in [0.5, 0.6) is 5.75 Å². The van der Waals surface area contributed by atoms with Crippen LogP contribution >= 0.6 is 0 Å². The maximum absolute atomic E-state index is 16.3. The molecule has 11 rings (SSSR count). The summed E-state index contributed by atoms with van der Waals surface area (Å²) < 4.78 is 73.4. The number of aliphatic carboxylic acids is 1. The molecule has 4 aromatic carbocycles. The summed E-state index contributed by atoms with van der Waals surface area (Å²) in [6, 6.07) is 18.2. The van der Waals surface area contributed by atoms with E-state index in [1.54, 1.807) is 61.5 Å². The second-order valence-corrected chi connectivity index (χ2v) is 32.5. The van der Waals surface area contributed by atoms with Crippen LogP contribution in [-0.2, 0) is 117 Å². The van der Waals surface area contributed by atoms with Crippen molar-refractivity contribution in [2.45, 2.75) is 210 Å². The molecular formula is C86H114F4N11O18+. The zero-order chi connectivity index (χ0) is 86.1. The molecule has 33 heteroatoms. The largest absolute Gasteiger partial charge is 0.497 e. The highest BCUT2D eigenvalue weighted by Gasteiger charge is 2.50. The van der Waals surface area contributed by atoms with Crippen LogP contribution in [0, 0.1) is 11.7 Å². The van der Waals surface area contributed by atoms with Gasteiger partial charge in [0.15, 0.2) is 11.6 Å². The number of aliphatic hydroxyl groups is 1. The molecule has 5 aromatic rings. The van der Waals surface area contributed by atoms with Gasteiger partial charge in [0.2, 0.25) is 53.2 Å². The van der Waals surface area contributed by atoms with Gasteiger partial charge in [0.1, 0.15) is 48.9 Å². The van der Waals surface area contributed by atoms with Gasteiger partial charge in [0, 0.05) is 107 Å². The van der Waals surface area contributed by atoms with E-state index in [-0.39, 0.29) is 102 Å². The van der Waals surface area contributed by atoms with Crippen LogP contribution in [0.25, 0.3) is 10.9 Å². The van der Waals surface area contributed by atoms with E-state index in [9.17, 15) is 42.3 Å². The van der Waals surface area contributed by atoms with Crippen LogP contribution < -0.4 is 36.6 Å². The van der Waals surface area contributed by atoms with Crippen LogP contribution in [0.2, 0.25) is 0 Å². The van der Waals surface area contributed by atoms with E-state index in [4.69, 9.17) is 28.8 Å². The van der Waals surface area contributed by atoms with Gasteiger partial charge >= 0.3 is 12.1 Å². The van der Waals surface area contributed by atoms with Crippen molar-refractivity contribution in [3.8, 4) is 5.75 Å². The van der Waals surface area contributed by atoms with Crippen molar-refractivity contribution in [2.24, 2.45) is 5.92 Å². The standard InChI is InChI=1S/C84H112FN11O16.C2HF3O2/c1-55(97)77-80(105)90-67(45-57-26-29-64(109-6)30-27-57)83(108)95-37-15-34-84(95,2)72(99)19-14-16-56-22-24-58(25-23-56)52-93-36-12-8-7-11-35-92-53-62(65-49-63(85)28-31-69(65)92)47-61-48-70(98)66(46-59-17-13-18-60(44-59)50-86-75(102)54-112-71-32-38-94(82(61)107)78(71)81(106)91-77)89-79(104)68(88-74(101)20-9-10-21-76(93)103)51-87-73(100)33-40-110-42-43-111-41-39-96(3,4)5;3-2(4,5)1(6)7/h13,17-18,22-31,44,49,53,55,61,66-68,71,77-78,97H,7-12,14-16,19-21,32-43,45-48,50-52,54H2,1-6H3,(H5-,86,87,88,89,90,91,100,101,102,104,105,106);(H,6,7)/p+1/t55-,61-,66+,67+,68-,71+,77+,78+,84+;/m1./s1. The van der Waals surface area contributed by atoms with Gasteiger partial charge in [0.25, 0.3) is 0 Å². The Balaban J connectivity index is 0.00000220. The number of hydrogen-bond donors (Lipinski definition) is 8. The number of alkyl halides is 3. The van der Waals surface area contributed by atoms with Crippen molar-refractivity contribution in [2.75, 3.05) is 94.0 Å². The lowest BCUT2D eigenvalue weighted by Gasteiger charge is -2.37. The highest BCUT2D eigenvalue weighted by Crippen LogP contribution is 2.35. The van der Waals surface area contributed by atoms with Gasteiger partial charge in [0.05, 0.1) is 78.5 Å². The number of ether oxygens (including phenoxy) is 4. The summed E-state index contributed by atoms with van der Waals surface area (Å²) in [4.78, 5) is 178. The molecular weight excluding hydrogens is 1550 g/mol. The third-order valence-electron chi connectivity index (χ3n) is 22.3. The first-order valence-corrected chi connectivity index (χ1v) is 41.0. The van der Waals surface area contributed by atoms with E-state index in [1.807, 2.05) is 39.9 Å². The number of likely N-dealkylation sites (N-methyl/N-ethyl adjacent to an activating group) is 1. The summed E-state index contributed by atoms with van der Waals surface area (Å²) in [5.41, 5.74) is 3.38. The fourth-order valence-electron chi connectivity index (χ4n) is 15.6. The average molecular weight is 1670 g/mol. The molecule has 6 aliphatic heterocycles. The summed E-state index contributed by atoms with van der Waals surface area (Å²) in [5.74, 6) is -11.1. The maximum atomic E-state index is 16.3. The third kappa shape index (κ3) is 27.4. The van der Waals surface area contributed by atoms with Gasteiger partial charge in [-0.15, -0.1) is 0 Å². The van der Waals surface area contributed by atoms with Crippen LogP contribution in [0.3, 0.4) is 0 Å². The van der Waals surface area contributed by atoms with E-state index in [0.717, 1.165) is 35.0 Å². The second kappa shape index (κ2) is 43.7. The van der Waals surface area contributed by atoms with Crippen molar-refractivity contribution >= 4 is 81.6 Å². The van der Waals surface area contributed by atoms with Crippen molar-refractivity contribution in [1.82, 2.24) is 51.2 Å². The van der Waals surface area contributed by atoms with Crippen LogP contribution in [-0.4, -0.2) is 253 Å². The number of carbonyl (C=O) groups excluding carboxylic acids is 11. The molecule has 7 heterocycles. The predicted octanol–water partition coefficient (Wildman–Crippen LogP) is 5.66. The second-order valence-electron chi connectivity index (χ2n) is 32.5. The Kier molecular flexibility index (Phi) is 34.0. The Morgan fingerprint density at radius 1 is 0.689 bits per heavy atom. The van der Waals surface area contributed by atoms with Gasteiger partial charge in [-0.05, 0) is 148 Å². The summed E-state index contributed by atoms with van der Waals surface area (Å²) in [6.45, 7) is 4.94. The number of aromatic nitrogens is 1. The summed E-state index contributed by atoms with van der Waals surface area (Å²) >= 11 is 0. The molecule has 29 nitrogen and oxygen atoms in total. The molecule has 119 heavy (non-hydrogen) atoms. The first-order valence-electron chi connectivity index (χ1n) is 41.0. The lowest BCUT2D eigenvalue weighted by atomic mass is 9.88. The zero-order valence-corrected chi connectivity index (χ0v) is 68.7. The Morgan fingerprint density at radius 3 is 2.09 bits per heavy atom. The van der Waals surface area contributed by atoms with Crippen LogP contribution in [0.1, 0.15) is 144 Å². The SMILES string of the molecule is COc1ccc(C[C@@H]2NC(=O)[C@H]([C@@H](C)O)NC(=O)[C@@H]3[C@@H]4CCN3C(=O)[C@H]3CC(=O)[C@H](Cc5cccc(c5)CNC(=O)CO4)NC(=O)[C@@H](CNC(=O)CCOCCOCC[N+](C)(C)C)NC(=O)CCCCC(=O)N(CCCCCCn4cc(c5cc(F)ccc54)C3)Cc3ccc(cc3)CCCC(=O)[C@]3(C)CCCN3C2=O)cc1.O=C(O)C(F)(F)F.